The third kappa shape index (κ3) is 4.12. The number of rotatable bonds is 6. The number of hydrogen-bond donors (Lipinski definition) is 2. The quantitative estimate of drug-likeness (QED) is 0.552. The number of ketones is 1. The number of Topliss-reactive ketones (excluding diaryl/α,β-unsaturated/α-hetero) is 1. The van der Waals surface area contributed by atoms with Gasteiger partial charge in [-0.15, -0.1) is 0 Å². The Kier molecular flexibility index (Phi) is 5.41. The average molecular weight is 428 g/mol. The lowest BCUT2D eigenvalue weighted by Gasteiger charge is -2.25. The second kappa shape index (κ2) is 8.38. The van der Waals surface area contributed by atoms with E-state index in [1.165, 1.54) is 5.56 Å². The van der Waals surface area contributed by atoms with Crippen LogP contribution in [0.5, 0.6) is 0 Å². The molecule has 2 aliphatic rings. The normalized spacial score (nSPS) is 18.0. The van der Waals surface area contributed by atoms with Crippen molar-refractivity contribution in [2.75, 3.05) is 5.32 Å². The van der Waals surface area contributed by atoms with E-state index >= 15 is 0 Å². The molecule has 0 aliphatic heterocycles. The summed E-state index contributed by atoms with van der Waals surface area (Å²) in [5.41, 5.74) is 6.03. The first-order valence-electron chi connectivity index (χ1n) is 11.6. The summed E-state index contributed by atoms with van der Waals surface area (Å²) in [7, 11) is 0. The van der Waals surface area contributed by atoms with Crippen LogP contribution in [0.15, 0.2) is 48.7 Å². The van der Waals surface area contributed by atoms with Gasteiger partial charge < -0.3 is 10.3 Å². The molecule has 5 nitrogen and oxygen atoms in total. The Morgan fingerprint density at radius 2 is 1.94 bits per heavy atom. The van der Waals surface area contributed by atoms with E-state index in [4.69, 9.17) is 0 Å². The maximum Gasteiger partial charge on any atom is 0.228 e. The first-order chi connectivity index (χ1) is 15.5. The third-order valence-corrected chi connectivity index (χ3v) is 6.79. The Morgan fingerprint density at radius 1 is 1.16 bits per heavy atom. The molecule has 1 amide bonds. The highest BCUT2D eigenvalue weighted by atomic mass is 16.2. The zero-order valence-electron chi connectivity index (χ0n) is 18.7. The van der Waals surface area contributed by atoms with Crippen LogP contribution in [0, 0.1) is 17.8 Å². The largest absolute Gasteiger partial charge is 0.358 e. The van der Waals surface area contributed by atoms with Gasteiger partial charge in [0.15, 0.2) is 5.78 Å². The molecule has 2 heterocycles. The Morgan fingerprint density at radius 3 is 2.66 bits per heavy atom. The molecule has 0 saturated heterocycles. The molecule has 1 fully saturated rings. The van der Waals surface area contributed by atoms with Crippen molar-refractivity contribution in [3.05, 3.63) is 71.0 Å². The molecule has 1 atom stereocenters. The fraction of sp³-hybridized carbons (Fsp3) is 0.370. The first kappa shape index (κ1) is 20.7. The average Bonchev–Trinajstić information content (AvgIpc) is 3.57. The maximum atomic E-state index is 13.3. The molecular formula is C27H29N3O2. The van der Waals surface area contributed by atoms with Crippen LogP contribution in [-0.2, 0) is 17.6 Å². The summed E-state index contributed by atoms with van der Waals surface area (Å²) >= 11 is 0. The molecule has 0 radical (unpaired) electrons. The Bertz CT molecular complexity index is 1160. The summed E-state index contributed by atoms with van der Waals surface area (Å²) in [6, 6.07) is 14.1. The molecule has 5 rings (SSSR count). The molecule has 0 bridgehead atoms. The lowest BCUT2D eigenvalue weighted by molar-refractivity contribution is -0.117. The molecule has 1 saturated carbocycles. The predicted octanol–water partition coefficient (Wildman–Crippen LogP) is 5.42. The SMILES string of the molecule is CC(C)C1CC(=O)c2c([nH]c(-c3ccnc(NC(=O)C4CC4)c3)c2Cc2ccccc2)C1. The summed E-state index contributed by atoms with van der Waals surface area (Å²) in [5.74, 6) is 1.77. The molecule has 2 aromatic heterocycles. The Hall–Kier alpha value is -3.21. The molecule has 2 N–H and O–H groups in total. The zero-order valence-corrected chi connectivity index (χ0v) is 18.7. The minimum Gasteiger partial charge on any atom is -0.358 e. The number of pyridine rings is 1. The Labute approximate surface area is 188 Å². The fourth-order valence-corrected chi connectivity index (χ4v) is 4.68. The lowest BCUT2D eigenvalue weighted by atomic mass is 9.79. The summed E-state index contributed by atoms with van der Waals surface area (Å²) in [5, 5.41) is 2.94. The van der Waals surface area contributed by atoms with Crippen LogP contribution < -0.4 is 5.32 Å². The summed E-state index contributed by atoms with van der Waals surface area (Å²) in [4.78, 5) is 33.4. The topological polar surface area (TPSA) is 74.8 Å². The van der Waals surface area contributed by atoms with E-state index < -0.39 is 0 Å². The molecule has 1 unspecified atom stereocenters. The summed E-state index contributed by atoms with van der Waals surface area (Å²) in [6.07, 6.45) is 5.80. The van der Waals surface area contributed by atoms with Gasteiger partial charge in [-0.1, -0.05) is 44.2 Å². The molecule has 5 heteroatoms. The number of anilines is 1. The zero-order chi connectivity index (χ0) is 22.2. The molecular weight excluding hydrogens is 398 g/mol. The van der Waals surface area contributed by atoms with Crippen LogP contribution >= 0.6 is 0 Å². The number of fused-ring (bicyclic) bond motifs is 1. The predicted molar refractivity (Wildman–Crippen MR) is 126 cm³/mol. The van der Waals surface area contributed by atoms with Crippen molar-refractivity contribution in [3.63, 3.8) is 0 Å². The van der Waals surface area contributed by atoms with Crippen LogP contribution in [0.4, 0.5) is 5.82 Å². The number of benzene rings is 1. The van der Waals surface area contributed by atoms with Crippen molar-refractivity contribution in [2.45, 2.75) is 46.0 Å². The number of aromatic amines is 1. The number of nitrogens with zero attached hydrogens (tertiary/aromatic N) is 1. The number of nitrogens with one attached hydrogen (secondary N) is 2. The van der Waals surface area contributed by atoms with Crippen LogP contribution in [0.2, 0.25) is 0 Å². The van der Waals surface area contributed by atoms with Crippen LogP contribution in [0.1, 0.15) is 60.3 Å². The van der Waals surface area contributed by atoms with Crippen LogP contribution in [-0.4, -0.2) is 21.7 Å². The number of hydrogen-bond acceptors (Lipinski definition) is 3. The highest BCUT2D eigenvalue weighted by Crippen LogP contribution is 2.38. The first-order valence-corrected chi connectivity index (χ1v) is 11.6. The van der Waals surface area contributed by atoms with E-state index in [-0.39, 0.29) is 17.6 Å². The summed E-state index contributed by atoms with van der Waals surface area (Å²) < 4.78 is 0. The van der Waals surface area contributed by atoms with Gasteiger partial charge in [-0.25, -0.2) is 4.98 Å². The maximum absolute atomic E-state index is 13.3. The number of carbonyl (C=O) groups excluding carboxylic acids is 2. The van der Waals surface area contributed by atoms with Crippen molar-refractivity contribution >= 4 is 17.5 Å². The van der Waals surface area contributed by atoms with Gasteiger partial charge in [-0.05, 0) is 54.4 Å². The molecule has 1 aromatic carbocycles. The minimum atomic E-state index is 0.0416. The third-order valence-electron chi connectivity index (χ3n) is 6.79. The number of aromatic nitrogens is 2. The lowest BCUT2D eigenvalue weighted by Crippen LogP contribution is -2.24. The minimum absolute atomic E-state index is 0.0416. The van der Waals surface area contributed by atoms with E-state index in [1.807, 2.05) is 30.3 Å². The summed E-state index contributed by atoms with van der Waals surface area (Å²) in [6.45, 7) is 4.38. The van der Waals surface area contributed by atoms with Gasteiger partial charge in [-0.3, -0.25) is 9.59 Å². The highest BCUT2D eigenvalue weighted by Gasteiger charge is 2.33. The van der Waals surface area contributed by atoms with Gasteiger partial charge in [0.1, 0.15) is 5.82 Å². The number of carbonyl (C=O) groups is 2. The van der Waals surface area contributed by atoms with Crippen molar-refractivity contribution in [2.24, 2.45) is 17.8 Å². The fourth-order valence-electron chi connectivity index (χ4n) is 4.68. The van der Waals surface area contributed by atoms with E-state index in [9.17, 15) is 9.59 Å². The van der Waals surface area contributed by atoms with Crippen molar-refractivity contribution in [1.82, 2.24) is 9.97 Å². The molecule has 2 aliphatic carbocycles. The molecule has 164 valence electrons. The second-order valence-corrected chi connectivity index (χ2v) is 9.52. The van der Waals surface area contributed by atoms with Gasteiger partial charge in [-0.2, -0.15) is 0 Å². The van der Waals surface area contributed by atoms with Crippen LogP contribution in [0.25, 0.3) is 11.3 Å². The van der Waals surface area contributed by atoms with Crippen LogP contribution in [0.3, 0.4) is 0 Å². The van der Waals surface area contributed by atoms with Crippen molar-refractivity contribution < 1.29 is 9.59 Å². The van der Waals surface area contributed by atoms with Crippen molar-refractivity contribution in [3.8, 4) is 11.3 Å². The second-order valence-electron chi connectivity index (χ2n) is 9.52. The molecule has 32 heavy (non-hydrogen) atoms. The van der Waals surface area contributed by atoms with E-state index in [1.54, 1.807) is 6.20 Å². The van der Waals surface area contributed by atoms with E-state index in [0.29, 0.717) is 30.5 Å². The molecule has 0 spiro atoms. The van der Waals surface area contributed by atoms with Gasteiger partial charge in [0, 0.05) is 41.8 Å². The van der Waals surface area contributed by atoms with Gasteiger partial charge >= 0.3 is 0 Å². The Balaban J connectivity index is 1.56. The molecule has 3 aromatic rings. The highest BCUT2D eigenvalue weighted by molar-refractivity contribution is 6.02. The van der Waals surface area contributed by atoms with Gasteiger partial charge in [0.05, 0.1) is 5.69 Å². The number of H-pyrrole nitrogens is 1. The van der Waals surface area contributed by atoms with Crippen molar-refractivity contribution in [1.29, 1.82) is 0 Å². The van der Waals surface area contributed by atoms with E-state index in [2.05, 4.69) is 41.3 Å². The standard InChI is InChI=1S/C27H29N3O2/c1-16(2)20-13-22-25(23(31)14-20)21(12-17-6-4-3-5-7-17)26(29-22)19-10-11-28-24(15-19)30-27(32)18-8-9-18/h3-7,10-11,15-16,18,20,29H,8-9,12-14H2,1-2H3,(H,28,30,32). The smallest absolute Gasteiger partial charge is 0.228 e. The number of amides is 1. The van der Waals surface area contributed by atoms with Gasteiger partial charge in [0.2, 0.25) is 5.91 Å². The monoisotopic (exact) mass is 427 g/mol. The van der Waals surface area contributed by atoms with E-state index in [0.717, 1.165) is 47.3 Å². The van der Waals surface area contributed by atoms with Gasteiger partial charge in [0.25, 0.3) is 0 Å².